The SMILES string of the molecule is Cc1cccc(C(=O)N[C@H]2C[C@H]3C(=O)N[C@@H](CCCCN)C(=O)N3C2)c1. The van der Waals surface area contributed by atoms with Crippen molar-refractivity contribution < 1.29 is 14.4 Å². The average molecular weight is 358 g/mol. The normalized spacial score (nSPS) is 25.0. The third kappa shape index (κ3) is 3.88. The van der Waals surface area contributed by atoms with E-state index < -0.39 is 12.1 Å². The Morgan fingerprint density at radius 1 is 1.35 bits per heavy atom. The summed E-state index contributed by atoms with van der Waals surface area (Å²) >= 11 is 0. The van der Waals surface area contributed by atoms with Crippen molar-refractivity contribution in [2.75, 3.05) is 13.1 Å². The van der Waals surface area contributed by atoms with Crippen molar-refractivity contribution in [3.05, 3.63) is 35.4 Å². The predicted molar refractivity (Wildman–Crippen MR) is 97.4 cm³/mol. The number of carbonyl (C=O) groups excluding carboxylic acids is 3. The second-order valence-electron chi connectivity index (χ2n) is 7.13. The molecule has 0 bridgehead atoms. The van der Waals surface area contributed by atoms with Gasteiger partial charge in [0.1, 0.15) is 12.1 Å². The number of piperazine rings is 1. The summed E-state index contributed by atoms with van der Waals surface area (Å²) in [5, 5.41) is 5.78. The van der Waals surface area contributed by atoms with Gasteiger partial charge in [0.2, 0.25) is 11.8 Å². The van der Waals surface area contributed by atoms with Gasteiger partial charge in [0.15, 0.2) is 0 Å². The monoisotopic (exact) mass is 358 g/mol. The van der Waals surface area contributed by atoms with Crippen LogP contribution < -0.4 is 16.4 Å². The maximum absolute atomic E-state index is 12.7. The van der Waals surface area contributed by atoms with E-state index in [1.165, 1.54) is 0 Å². The van der Waals surface area contributed by atoms with Gasteiger partial charge in [0.05, 0.1) is 0 Å². The second kappa shape index (κ2) is 7.86. The number of nitrogens with zero attached hydrogens (tertiary/aromatic N) is 1. The topological polar surface area (TPSA) is 105 Å². The summed E-state index contributed by atoms with van der Waals surface area (Å²) in [6, 6.07) is 6.17. The number of unbranched alkanes of at least 4 members (excludes halogenated alkanes) is 1. The van der Waals surface area contributed by atoms with Crippen LogP contribution in [0.25, 0.3) is 0 Å². The number of aryl methyl sites for hydroxylation is 1. The largest absolute Gasteiger partial charge is 0.347 e. The fourth-order valence-electron chi connectivity index (χ4n) is 3.71. The molecular weight excluding hydrogens is 332 g/mol. The Kier molecular flexibility index (Phi) is 5.56. The predicted octanol–water partition coefficient (Wildman–Crippen LogP) is 0.322. The Morgan fingerprint density at radius 2 is 2.15 bits per heavy atom. The van der Waals surface area contributed by atoms with Crippen LogP contribution in [-0.2, 0) is 9.59 Å². The fraction of sp³-hybridized carbons (Fsp3) is 0.526. The molecule has 26 heavy (non-hydrogen) atoms. The molecule has 2 aliphatic rings. The summed E-state index contributed by atoms with van der Waals surface area (Å²) in [6.45, 7) is 2.89. The number of fused-ring (bicyclic) bond motifs is 1. The molecule has 2 saturated heterocycles. The van der Waals surface area contributed by atoms with E-state index in [1.54, 1.807) is 11.0 Å². The molecule has 0 aromatic heterocycles. The zero-order valence-corrected chi connectivity index (χ0v) is 15.0. The smallest absolute Gasteiger partial charge is 0.251 e. The highest BCUT2D eigenvalue weighted by Crippen LogP contribution is 2.24. The van der Waals surface area contributed by atoms with Crippen LogP contribution in [0.5, 0.6) is 0 Å². The number of hydrogen-bond acceptors (Lipinski definition) is 4. The van der Waals surface area contributed by atoms with Gasteiger partial charge in [-0.25, -0.2) is 0 Å². The van der Waals surface area contributed by atoms with Crippen LogP contribution in [0.4, 0.5) is 0 Å². The van der Waals surface area contributed by atoms with E-state index >= 15 is 0 Å². The first-order chi connectivity index (χ1) is 12.5. The third-order valence-corrected chi connectivity index (χ3v) is 5.06. The molecule has 7 nitrogen and oxygen atoms in total. The van der Waals surface area contributed by atoms with Gasteiger partial charge < -0.3 is 21.3 Å². The van der Waals surface area contributed by atoms with Gasteiger partial charge in [-0.05, 0) is 51.3 Å². The number of nitrogens with one attached hydrogen (secondary N) is 2. The molecule has 2 aliphatic heterocycles. The van der Waals surface area contributed by atoms with Crippen molar-refractivity contribution in [1.29, 1.82) is 0 Å². The van der Waals surface area contributed by atoms with E-state index in [2.05, 4.69) is 10.6 Å². The van der Waals surface area contributed by atoms with Gasteiger partial charge in [-0.1, -0.05) is 17.7 Å². The van der Waals surface area contributed by atoms with Crippen LogP contribution in [0.3, 0.4) is 0 Å². The standard InChI is InChI=1S/C19H26N4O3/c1-12-5-4-6-13(9-12)17(24)21-14-10-16-18(25)22-15(7-2-3-8-20)19(26)23(16)11-14/h4-6,9,14-16H,2-3,7-8,10-11,20H2,1H3,(H,21,24)(H,22,25)/t14-,15-,16-/m0/s1. The Balaban J connectivity index is 1.62. The maximum Gasteiger partial charge on any atom is 0.251 e. The van der Waals surface area contributed by atoms with Crippen molar-refractivity contribution in [3.8, 4) is 0 Å². The Morgan fingerprint density at radius 3 is 2.88 bits per heavy atom. The van der Waals surface area contributed by atoms with E-state index in [9.17, 15) is 14.4 Å². The van der Waals surface area contributed by atoms with E-state index in [0.717, 1.165) is 18.4 Å². The van der Waals surface area contributed by atoms with Crippen LogP contribution in [0.2, 0.25) is 0 Å². The molecule has 0 spiro atoms. The van der Waals surface area contributed by atoms with E-state index in [0.29, 0.717) is 31.5 Å². The van der Waals surface area contributed by atoms with Crippen LogP contribution in [0.1, 0.15) is 41.6 Å². The Hall–Kier alpha value is -2.41. The van der Waals surface area contributed by atoms with Gasteiger partial charge in [0, 0.05) is 18.2 Å². The lowest BCUT2D eigenvalue weighted by molar-refractivity contribution is -0.147. The van der Waals surface area contributed by atoms with Crippen molar-refractivity contribution in [3.63, 3.8) is 0 Å². The fourth-order valence-corrected chi connectivity index (χ4v) is 3.71. The molecule has 140 valence electrons. The summed E-state index contributed by atoms with van der Waals surface area (Å²) in [5.41, 5.74) is 7.09. The zero-order valence-electron chi connectivity index (χ0n) is 15.0. The van der Waals surface area contributed by atoms with Crippen LogP contribution in [0.15, 0.2) is 24.3 Å². The molecule has 3 amide bonds. The molecule has 2 heterocycles. The van der Waals surface area contributed by atoms with Gasteiger partial charge in [-0.2, -0.15) is 0 Å². The molecule has 0 aliphatic carbocycles. The summed E-state index contributed by atoms with van der Waals surface area (Å²) in [6.07, 6.45) is 2.69. The molecule has 2 fully saturated rings. The summed E-state index contributed by atoms with van der Waals surface area (Å²) in [5.74, 6) is -0.362. The first kappa shape index (κ1) is 18.4. The van der Waals surface area contributed by atoms with Crippen molar-refractivity contribution in [2.45, 2.75) is 50.7 Å². The third-order valence-electron chi connectivity index (χ3n) is 5.06. The van der Waals surface area contributed by atoms with Crippen LogP contribution in [-0.4, -0.2) is 53.8 Å². The van der Waals surface area contributed by atoms with Crippen molar-refractivity contribution in [1.82, 2.24) is 15.5 Å². The number of nitrogens with two attached hydrogens (primary N) is 1. The highest BCUT2D eigenvalue weighted by atomic mass is 16.2. The summed E-state index contributed by atoms with van der Waals surface area (Å²) in [7, 11) is 0. The van der Waals surface area contributed by atoms with Gasteiger partial charge in [-0.15, -0.1) is 0 Å². The minimum atomic E-state index is -0.490. The van der Waals surface area contributed by atoms with Gasteiger partial charge in [-0.3, -0.25) is 14.4 Å². The van der Waals surface area contributed by atoms with E-state index in [-0.39, 0.29) is 23.8 Å². The number of rotatable bonds is 6. The molecular formula is C19H26N4O3. The minimum Gasteiger partial charge on any atom is -0.347 e. The quantitative estimate of drug-likeness (QED) is 0.637. The molecule has 0 unspecified atom stereocenters. The average Bonchev–Trinajstić information content (AvgIpc) is 3.04. The maximum atomic E-state index is 12.7. The first-order valence-corrected chi connectivity index (χ1v) is 9.18. The highest BCUT2D eigenvalue weighted by Gasteiger charge is 2.46. The molecule has 3 atom stereocenters. The second-order valence-corrected chi connectivity index (χ2v) is 7.13. The molecule has 0 radical (unpaired) electrons. The molecule has 1 aromatic rings. The number of amides is 3. The van der Waals surface area contributed by atoms with Crippen LogP contribution in [0, 0.1) is 6.92 Å². The van der Waals surface area contributed by atoms with E-state index in [4.69, 9.17) is 5.73 Å². The number of hydrogen-bond donors (Lipinski definition) is 3. The van der Waals surface area contributed by atoms with E-state index in [1.807, 2.05) is 25.1 Å². The Labute approximate surface area is 153 Å². The molecule has 4 N–H and O–H groups in total. The summed E-state index contributed by atoms with van der Waals surface area (Å²) < 4.78 is 0. The van der Waals surface area contributed by atoms with Crippen molar-refractivity contribution in [2.24, 2.45) is 5.73 Å². The zero-order chi connectivity index (χ0) is 18.7. The lowest BCUT2D eigenvalue weighted by Gasteiger charge is -2.34. The minimum absolute atomic E-state index is 0.0566. The first-order valence-electron chi connectivity index (χ1n) is 9.18. The summed E-state index contributed by atoms with van der Waals surface area (Å²) in [4.78, 5) is 39.1. The van der Waals surface area contributed by atoms with Crippen molar-refractivity contribution >= 4 is 17.7 Å². The van der Waals surface area contributed by atoms with Crippen LogP contribution >= 0.6 is 0 Å². The molecule has 3 rings (SSSR count). The molecule has 7 heteroatoms. The highest BCUT2D eigenvalue weighted by molar-refractivity contribution is 5.98. The lowest BCUT2D eigenvalue weighted by atomic mass is 10.0. The van der Waals surface area contributed by atoms with Gasteiger partial charge in [0.25, 0.3) is 5.91 Å². The van der Waals surface area contributed by atoms with Gasteiger partial charge >= 0.3 is 0 Å². The number of benzene rings is 1. The molecule has 1 aromatic carbocycles. The molecule has 0 saturated carbocycles. The number of carbonyl (C=O) groups is 3. The lowest BCUT2D eigenvalue weighted by Crippen LogP contribution is -2.61. The Bertz CT molecular complexity index is 706.